The molecule has 0 aliphatic carbocycles. The normalized spacial score (nSPS) is 11.3. The van der Waals surface area contributed by atoms with Crippen LogP contribution in [0.2, 0.25) is 0 Å². The number of aromatic nitrogens is 4. The van der Waals surface area contributed by atoms with Crippen molar-refractivity contribution in [2.75, 3.05) is 0 Å². The molecule has 0 aliphatic heterocycles. The van der Waals surface area contributed by atoms with Crippen LogP contribution in [0.25, 0.3) is 16.9 Å². The maximum Gasteiger partial charge on any atom is 0.433 e. The Morgan fingerprint density at radius 1 is 1.00 bits per heavy atom. The number of carbonyl (C=O) groups is 1. The molecule has 4 rings (SSSR count). The number of hydrogen-bond acceptors (Lipinski definition) is 4. The van der Waals surface area contributed by atoms with Crippen molar-refractivity contribution < 1.29 is 18.0 Å². The quantitative estimate of drug-likeness (QED) is 0.520. The highest BCUT2D eigenvalue weighted by molar-refractivity contribution is 5.92. The van der Waals surface area contributed by atoms with Crippen LogP contribution < -0.4 is 5.32 Å². The summed E-state index contributed by atoms with van der Waals surface area (Å²) >= 11 is 0. The molecule has 0 radical (unpaired) electrons. The summed E-state index contributed by atoms with van der Waals surface area (Å²) in [5, 5.41) is 6.81. The van der Waals surface area contributed by atoms with Gasteiger partial charge in [0.05, 0.1) is 17.6 Å². The van der Waals surface area contributed by atoms with E-state index in [9.17, 15) is 18.0 Å². The molecule has 0 saturated carbocycles. The van der Waals surface area contributed by atoms with Crippen LogP contribution in [-0.4, -0.2) is 25.7 Å². The molecule has 0 bridgehead atoms. The van der Waals surface area contributed by atoms with Gasteiger partial charge in [0, 0.05) is 24.5 Å². The van der Waals surface area contributed by atoms with Gasteiger partial charge in [0.2, 0.25) is 0 Å². The summed E-state index contributed by atoms with van der Waals surface area (Å²) < 4.78 is 41.5. The average Bonchev–Trinajstić information content (AvgIpc) is 3.25. The van der Waals surface area contributed by atoms with Gasteiger partial charge in [-0.05, 0) is 35.9 Å². The van der Waals surface area contributed by atoms with Gasteiger partial charge >= 0.3 is 6.18 Å². The minimum absolute atomic E-state index is 0.0853. The van der Waals surface area contributed by atoms with E-state index in [0.717, 1.165) is 16.3 Å². The highest BCUT2D eigenvalue weighted by Gasteiger charge is 2.36. The molecule has 9 heteroatoms. The van der Waals surface area contributed by atoms with Crippen molar-refractivity contribution in [3.05, 3.63) is 96.2 Å². The average molecular weight is 423 g/mol. The summed E-state index contributed by atoms with van der Waals surface area (Å²) in [6, 6.07) is 16.3. The lowest BCUT2D eigenvalue weighted by atomic mass is 10.2. The van der Waals surface area contributed by atoms with Crippen LogP contribution in [0.1, 0.15) is 21.7 Å². The lowest BCUT2D eigenvalue weighted by Gasteiger charge is -2.10. The molecule has 6 nitrogen and oxygen atoms in total. The summed E-state index contributed by atoms with van der Waals surface area (Å²) in [6.45, 7) is 0.314. The third-order valence-corrected chi connectivity index (χ3v) is 4.48. The Hall–Kier alpha value is -4.01. The molecule has 0 atom stereocenters. The van der Waals surface area contributed by atoms with Crippen molar-refractivity contribution in [1.29, 1.82) is 0 Å². The molecular weight excluding hydrogens is 407 g/mol. The predicted octanol–water partition coefficient (Wildman–Crippen LogP) is 4.28. The molecule has 3 aromatic heterocycles. The summed E-state index contributed by atoms with van der Waals surface area (Å²) in [4.78, 5) is 20.2. The van der Waals surface area contributed by atoms with E-state index in [1.807, 2.05) is 30.3 Å². The molecular formula is C22H16F3N5O. The Bertz CT molecular complexity index is 1170. The number of alkyl halides is 3. The van der Waals surface area contributed by atoms with Gasteiger partial charge in [-0.3, -0.25) is 9.78 Å². The number of halogens is 3. The molecule has 0 aliphatic rings. The van der Waals surface area contributed by atoms with Gasteiger partial charge < -0.3 is 5.32 Å². The number of amides is 1. The highest BCUT2D eigenvalue weighted by Crippen LogP contribution is 2.33. The molecule has 1 amide bonds. The van der Waals surface area contributed by atoms with Gasteiger partial charge in [0.1, 0.15) is 11.4 Å². The van der Waals surface area contributed by atoms with Crippen LogP contribution in [-0.2, 0) is 12.7 Å². The minimum Gasteiger partial charge on any atom is -0.347 e. The van der Waals surface area contributed by atoms with Crippen molar-refractivity contribution in [3.63, 3.8) is 0 Å². The number of pyridine rings is 2. The molecule has 0 spiro atoms. The third kappa shape index (κ3) is 4.61. The van der Waals surface area contributed by atoms with Gasteiger partial charge in [-0.2, -0.15) is 18.3 Å². The van der Waals surface area contributed by atoms with Crippen molar-refractivity contribution in [3.8, 4) is 16.9 Å². The van der Waals surface area contributed by atoms with E-state index in [-0.39, 0.29) is 17.1 Å². The van der Waals surface area contributed by atoms with E-state index in [1.165, 1.54) is 30.7 Å². The standard InChI is InChI=1S/C22H16F3N5O/c23-22(24,25)20-11-19(16-7-4-10-26-13-16)29-30(20)17-8-9-18(27-14-17)21(31)28-12-15-5-2-1-3-6-15/h1-11,13-14H,12H2,(H,28,31). The highest BCUT2D eigenvalue weighted by atomic mass is 19.4. The first kappa shape index (κ1) is 20.3. The minimum atomic E-state index is -4.63. The van der Waals surface area contributed by atoms with Gasteiger partial charge in [-0.15, -0.1) is 0 Å². The van der Waals surface area contributed by atoms with E-state index in [1.54, 1.807) is 12.1 Å². The first-order valence-electron chi connectivity index (χ1n) is 9.28. The fraction of sp³-hybridized carbons (Fsp3) is 0.0909. The van der Waals surface area contributed by atoms with Crippen molar-refractivity contribution in [2.24, 2.45) is 0 Å². The van der Waals surface area contributed by atoms with Crippen molar-refractivity contribution in [2.45, 2.75) is 12.7 Å². The Balaban J connectivity index is 1.58. The number of carbonyl (C=O) groups excluding carboxylic acids is 1. The van der Waals surface area contributed by atoms with Gasteiger partial charge in [-0.1, -0.05) is 30.3 Å². The van der Waals surface area contributed by atoms with Gasteiger partial charge in [0.25, 0.3) is 5.91 Å². The number of nitrogens with zero attached hydrogens (tertiary/aromatic N) is 4. The third-order valence-electron chi connectivity index (χ3n) is 4.48. The molecule has 0 saturated heterocycles. The second-order valence-electron chi connectivity index (χ2n) is 6.64. The van der Waals surface area contributed by atoms with Crippen LogP contribution in [0.4, 0.5) is 13.2 Å². The van der Waals surface area contributed by atoms with Crippen LogP contribution in [0.3, 0.4) is 0 Å². The Labute approximate surface area is 175 Å². The lowest BCUT2D eigenvalue weighted by molar-refractivity contribution is -0.142. The molecule has 156 valence electrons. The zero-order chi connectivity index (χ0) is 21.8. The smallest absolute Gasteiger partial charge is 0.347 e. The zero-order valence-electron chi connectivity index (χ0n) is 16.0. The Kier molecular flexibility index (Phi) is 5.48. The summed E-state index contributed by atoms with van der Waals surface area (Å²) in [5.41, 5.74) is 0.730. The number of rotatable bonds is 5. The second kappa shape index (κ2) is 8.39. The summed E-state index contributed by atoms with van der Waals surface area (Å²) in [6.07, 6.45) is -0.478. The Morgan fingerprint density at radius 2 is 1.81 bits per heavy atom. The van der Waals surface area contributed by atoms with E-state index in [4.69, 9.17) is 0 Å². The van der Waals surface area contributed by atoms with E-state index >= 15 is 0 Å². The monoisotopic (exact) mass is 423 g/mol. The number of benzene rings is 1. The van der Waals surface area contributed by atoms with E-state index in [0.29, 0.717) is 12.1 Å². The van der Waals surface area contributed by atoms with E-state index in [2.05, 4.69) is 20.4 Å². The molecule has 1 aromatic carbocycles. The van der Waals surface area contributed by atoms with Crippen LogP contribution >= 0.6 is 0 Å². The SMILES string of the molecule is O=C(NCc1ccccc1)c1ccc(-n2nc(-c3cccnc3)cc2C(F)(F)F)cn1. The van der Waals surface area contributed by atoms with Crippen LogP contribution in [0.5, 0.6) is 0 Å². The van der Waals surface area contributed by atoms with E-state index < -0.39 is 17.8 Å². The summed E-state index contributed by atoms with van der Waals surface area (Å²) in [7, 11) is 0. The first-order valence-corrected chi connectivity index (χ1v) is 9.28. The largest absolute Gasteiger partial charge is 0.433 e. The fourth-order valence-corrected chi connectivity index (χ4v) is 2.95. The first-order chi connectivity index (χ1) is 14.9. The molecule has 31 heavy (non-hydrogen) atoms. The van der Waals surface area contributed by atoms with Crippen LogP contribution in [0.15, 0.2) is 79.3 Å². The van der Waals surface area contributed by atoms with Gasteiger partial charge in [-0.25, -0.2) is 9.67 Å². The van der Waals surface area contributed by atoms with Gasteiger partial charge in [0.15, 0.2) is 0 Å². The molecule has 3 heterocycles. The maximum atomic E-state index is 13.6. The lowest BCUT2D eigenvalue weighted by Crippen LogP contribution is -2.23. The second-order valence-corrected chi connectivity index (χ2v) is 6.64. The number of nitrogens with one attached hydrogen (secondary N) is 1. The fourth-order valence-electron chi connectivity index (χ4n) is 2.95. The molecule has 0 fully saturated rings. The predicted molar refractivity (Wildman–Crippen MR) is 107 cm³/mol. The number of hydrogen-bond donors (Lipinski definition) is 1. The topological polar surface area (TPSA) is 72.7 Å². The molecule has 4 aromatic rings. The summed E-state index contributed by atoms with van der Waals surface area (Å²) in [5.74, 6) is -0.428. The molecule has 0 unspecified atom stereocenters. The maximum absolute atomic E-state index is 13.6. The van der Waals surface area contributed by atoms with Crippen molar-refractivity contribution in [1.82, 2.24) is 25.1 Å². The van der Waals surface area contributed by atoms with Crippen molar-refractivity contribution >= 4 is 5.91 Å². The molecule has 1 N–H and O–H groups in total. The Morgan fingerprint density at radius 3 is 2.45 bits per heavy atom. The zero-order valence-corrected chi connectivity index (χ0v) is 16.0. The van der Waals surface area contributed by atoms with Crippen LogP contribution in [0, 0.1) is 0 Å².